The summed E-state index contributed by atoms with van der Waals surface area (Å²) in [5.41, 5.74) is 7.08. The van der Waals surface area contributed by atoms with Crippen LogP contribution < -0.4 is 5.73 Å². The zero-order chi connectivity index (χ0) is 14.4. The van der Waals surface area contributed by atoms with E-state index in [1.807, 2.05) is 24.3 Å². The predicted molar refractivity (Wildman–Crippen MR) is 98.5 cm³/mol. The minimum atomic E-state index is -0.114. The van der Waals surface area contributed by atoms with Crippen LogP contribution >= 0.6 is 35.6 Å². The van der Waals surface area contributed by atoms with E-state index in [9.17, 15) is 0 Å². The van der Waals surface area contributed by atoms with Crippen LogP contribution in [0.3, 0.4) is 0 Å². The Morgan fingerprint density at radius 1 is 1.38 bits per heavy atom. The monoisotopic (exact) mass is 423 g/mol. The summed E-state index contributed by atoms with van der Waals surface area (Å²) in [4.78, 5) is 6.62. The van der Waals surface area contributed by atoms with Crippen LogP contribution in [-0.4, -0.2) is 37.6 Å². The number of hydrogen-bond donors (Lipinski definition) is 1. The number of nitrogens with zero attached hydrogens (tertiary/aromatic N) is 2. The molecule has 2 N–H and O–H groups in total. The molecule has 0 bridgehead atoms. The summed E-state index contributed by atoms with van der Waals surface area (Å²) in [5, 5.41) is 0.706. The van der Waals surface area contributed by atoms with Crippen LogP contribution in [0.5, 0.6) is 0 Å². The van der Waals surface area contributed by atoms with E-state index < -0.39 is 0 Å². The summed E-state index contributed by atoms with van der Waals surface area (Å²) in [6.07, 6.45) is 3.56. The first-order chi connectivity index (χ1) is 9.70. The molecule has 21 heavy (non-hydrogen) atoms. The number of rotatable bonds is 4. The number of likely N-dealkylation sites (tertiary alicyclic amines) is 1. The first-order valence-corrected chi connectivity index (χ1v) is 7.41. The number of hydrogen-bond acceptors (Lipinski definition) is 2. The Labute approximate surface area is 148 Å². The van der Waals surface area contributed by atoms with Crippen molar-refractivity contribution in [3.63, 3.8) is 0 Å². The Morgan fingerprint density at radius 2 is 2.10 bits per heavy atom. The second kappa shape index (κ2) is 9.48. The zero-order valence-corrected chi connectivity index (χ0v) is 15.4. The Balaban J connectivity index is 0.00000220. The molecule has 1 fully saturated rings. The van der Waals surface area contributed by atoms with E-state index in [-0.39, 0.29) is 30.1 Å². The maximum absolute atomic E-state index is 6.05. The molecule has 2 rings (SSSR count). The molecule has 0 spiro atoms. The minimum absolute atomic E-state index is 0. The quantitative estimate of drug-likeness (QED) is 0.458. The normalized spacial score (nSPS) is 17.2. The third-order valence-electron chi connectivity index (χ3n) is 3.60. The van der Waals surface area contributed by atoms with Gasteiger partial charge in [-0.25, -0.2) is 0 Å². The fourth-order valence-corrected chi connectivity index (χ4v) is 2.62. The van der Waals surface area contributed by atoms with Crippen LogP contribution in [0.2, 0.25) is 5.02 Å². The van der Waals surface area contributed by atoms with Gasteiger partial charge in [-0.2, -0.15) is 0 Å². The Hall–Kier alpha value is -0.530. The number of benzene rings is 1. The predicted octanol–water partition coefficient (Wildman–Crippen LogP) is 3.45. The second-order valence-electron chi connectivity index (χ2n) is 5.03. The Bertz CT molecular complexity index is 464. The van der Waals surface area contributed by atoms with Gasteiger partial charge in [-0.1, -0.05) is 23.7 Å². The number of ether oxygens (including phenoxy) is 1. The van der Waals surface area contributed by atoms with Crippen molar-refractivity contribution in [1.82, 2.24) is 4.90 Å². The molecule has 1 aliphatic rings. The number of nitrogens with two attached hydrogens (primary N) is 1. The van der Waals surface area contributed by atoms with Crippen molar-refractivity contribution < 1.29 is 4.74 Å². The van der Waals surface area contributed by atoms with Gasteiger partial charge in [0, 0.05) is 25.2 Å². The summed E-state index contributed by atoms with van der Waals surface area (Å²) in [6, 6.07) is 7.67. The zero-order valence-electron chi connectivity index (χ0n) is 12.3. The molecule has 1 aromatic rings. The molecule has 4 nitrogen and oxygen atoms in total. The topological polar surface area (TPSA) is 50.9 Å². The molecule has 1 saturated heterocycles. The molecule has 1 unspecified atom stereocenters. The molecular weight excluding hydrogens is 401 g/mol. The van der Waals surface area contributed by atoms with Crippen LogP contribution in [0.1, 0.15) is 30.9 Å². The van der Waals surface area contributed by atoms with Crippen molar-refractivity contribution >= 4 is 41.5 Å². The van der Waals surface area contributed by atoms with Gasteiger partial charge in [0.05, 0.1) is 6.54 Å². The first-order valence-electron chi connectivity index (χ1n) is 7.04. The summed E-state index contributed by atoms with van der Waals surface area (Å²) in [5.74, 6) is 0.619. The van der Waals surface area contributed by atoms with Gasteiger partial charge in [0.1, 0.15) is 6.10 Å². The van der Waals surface area contributed by atoms with Gasteiger partial charge in [0.15, 0.2) is 5.96 Å². The summed E-state index contributed by atoms with van der Waals surface area (Å²) in [6.45, 7) is 2.52. The maximum atomic E-state index is 6.05. The molecule has 1 aromatic carbocycles. The van der Waals surface area contributed by atoms with E-state index in [0.29, 0.717) is 17.5 Å². The SMILES string of the molecule is COC(CN=C(N)N1CCCCC1)c1cccc(Cl)c1.I. The molecule has 0 aliphatic carbocycles. The first kappa shape index (κ1) is 18.5. The van der Waals surface area contributed by atoms with Gasteiger partial charge >= 0.3 is 0 Å². The summed E-state index contributed by atoms with van der Waals surface area (Å²) >= 11 is 6.01. The Kier molecular flexibility index (Phi) is 8.36. The van der Waals surface area contributed by atoms with Gasteiger partial charge in [-0.3, -0.25) is 4.99 Å². The molecule has 1 atom stereocenters. The van der Waals surface area contributed by atoms with Crippen molar-refractivity contribution in [2.24, 2.45) is 10.7 Å². The van der Waals surface area contributed by atoms with Crippen molar-refractivity contribution in [2.45, 2.75) is 25.4 Å². The van der Waals surface area contributed by atoms with Crippen LogP contribution in [-0.2, 0) is 4.74 Å². The summed E-state index contributed by atoms with van der Waals surface area (Å²) in [7, 11) is 1.68. The lowest BCUT2D eigenvalue weighted by atomic mass is 10.1. The standard InChI is InChI=1S/C15H22ClN3O.HI/c1-20-14(12-6-5-7-13(16)10-12)11-18-15(17)19-8-3-2-4-9-19;/h5-7,10,14H,2-4,8-9,11H2,1H3,(H2,17,18);1H. The number of guanidine groups is 1. The maximum Gasteiger partial charge on any atom is 0.191 e. The lowest BCUT2D eigenvalue weighted by Crippen LogP contribution is -2.41. The molecule has 0 aromatic heterocycles. The highest BCUT2D eigenvalue weighted by atomic mass is 127. The number of piperidine rings is 1. The number of aliphatic imine (C=N–C) groups is 1. The molecule has 0 amide bonds. The van der Waals surface area contributed by atoms with Gasteiger partial charge in [-0.05, 0) is 37.0 Å². The fourth-order valence-electron chi connectivity index (χ4n) is 2.42. The van der Waals surface area contributed by atoms with Gasteiger partial charge in [0.2, 0.25) is 0 Å². The van der Waals surface area contributed by atoms with Gasteiger partial charge in [-0.15, -0.1) is 24.0 Å². The lowest BCUT2D eigenvalue weighted by Gasteiger charge is -2.27. The van der Waals surface area contributed by atoms with Crippen molar-refractivity contribution in [3.8, 4) is 0 Å². The molecule has 118 valence electrons. The smallest absolute Gasteiger partial charge is 0.191 e. The van der Waals surface area contributed by atoms with Gasteiger partial charge in [0.25, 0.3) is 0 Å². The number of halogens is 2. The summed E-state index contributed by atoms with van der Waals surface area (Å²) < 4.78 is 5.49. The Morgan fingerprint density at radius 3 is 2.71 bits per heavy atom. The van der Waals surface area contributed by atoms with Gasteiger partial charge < -0.3 is 15.4 Å². The highest BCUT2D eigenvalue weighted by Crippen LogP contribution is 2.20. The van der Waals surface area contributed by atoms with E-state index in [1.165, 1.54) is 19.3 Å². The highest BCUT2D eigenvalue weighted by molar-refractivity contribution is 14.0. The average molecular weight is 424 g/mol. The van der Waals surface area contributed by atoms with Crippen molar-refractivity contribution in [1.29, 1.82) is 0 Å². The second-order valence-corrected chi connectivity index (χ2v) is 5.46. The highest BCUT2D eigenvalue weighted by Gasteiger charge is 2.14. The largest absolute Gasteiger partial charge is 0.375 e. The fraction of sp³-hybridized carbons (Fsp3) is 0.533. The minimum Gasteiger partial charge on any atom is -0.375 e. The van der Waals surface area contributed by atoms with Crippen LogP contribution in [0.4, 0.5) is 0 Å². The van der Waals surface area contributed by atoms with Crippen LogP contribution in [0.25, 0.3) is 0 Å². The van der Waals surface area contributed by atoms with E-state index >= 15 is 0 Å². The lowest BCUT2D eigenvalue weighted by molar-refractivity contribution is 0.110. The molecule has 0 radical (unpaired) electrons. The van der Waals surface area contributed by atoms with E-state index in [2.05, 4.69) is 9.89 Å². The average Bonchev–Trinajstić information content (AvgIpc) is 2.48. The molecule has 6 heteroatoms. The van der Waals surface area contributed by atoms with Crippen LogP contribution in [0.15, 0.2) is 29.3 Å². The van der Waals surface area contributed by atoms with E-state index in [0.717, 1.165) is 18.7 Å². The van der Waals surface area contributed by atoms with Crippen LogP contribution in [0, 0.1) is 0 Å². The van der Waals surface area contributed by atoms with E-state index in [4.69, 9.17) is 22.1 Å². The van der Waals surface area contributed by atoms with Crippen molar-refractivity contribution in [2.75, 3.05) is 26.7 Å². The third kappa shape index (κ3) is 5.64. The molecular formula is C15H23ClIN3O. The number of methoxy groups -OCH3 is 1. The third-order valence-corrected chi connectivity index (χ3v) is 3.84. The van der Waals surface area contributed by atoms with E-state index in [1.54, 1.807) is 7.11 Å². The van der Waals surface area contributed by atoms with Crippen molar-refractivity contribution in [3.05, 3.63) is 34.9 Å². The molecule has 1 aliphatic heterocycles. The molecule has 1 heterocycles. The molecule has 0 saturated carbocycles.